The molecule has 1 aromatic heterocycles. The van der Waals surface area contributed by atoms with Crippen molar-refractivity contribution in [3.8, 4) is 0 Å². The first-order valence-corrected chi connectivity index (χ1v) is 17.6. The van der Waals surface area contributed by atoms with Gasteiger partial charge in [-0.25, -0.2) is 0 Å². The van der Waals surface area contributed by atoms with Crippen molar-refractivity contribution in [3.05, 3.63) is 190 Å². The molecule has 49 heavy (non-hydrogen) atoms. The maximum Gasteiger partial charge on any atom is 0.0590 e. The highest BCUT2D eigenvalue weighted by Crippen LogP contribution is 2.47. The number of benzene rings is 6. The van der Waals surface area contributed by atoms with Crippen LogP contribution in [0, 0.1) is 5.92 Å². The molecule has 2 atom stereocenters. The molecule has 7 aromatic rings. The Labute approximate surface area is 286 Å². The SMILES string of the molecule is CC1=CC(C2=c3ccccc3=C(c3ccccc3)C3=CC=CCC32)=C(C)CC1n1c2ccc3ccccc3c2c2ccc3ccccc3c21. The average Bonchev–Trinajstić information content (AvgIpc) is 3.50. The largest absolute Gasteiger partial charge is 0.332 e. The number of aromatic nitrogens is 1. The van der Waals surface area contributed by atoms with Crippen LogP contribution < -0.4 is 10.4 Å². The van der Waals surface area contributed by atoms with Crippen LogP contribution in [-0.4, -0.2) is 4.57 Å². The summed E-state index contributed by atoms with van der Waals surface area (Å²) in [5, 5.41) is 10.7. The first-order chi connectivity index (χ1) is 24.2. The molecule has 234 valence electrons. The van der Waals surface area contributed by atoms with Crippen LogP contribution in [0.25, 0.3) is 54.5 Å². The second-order valence-electron chi connectivity index (χ2n) is 14.1. The first kappa shape index (κ1) is 28.4. The molecule has 0 bridgehead atoms. The Kier molecular flexibility index (Phi) is 6.33. The highest BCUT2D eigenvalue weighted by molar-refractivity contribution is 6.25. The molecule has 6 aromatic carbocycles. The molecule has 0 aliphatic heterocycles. The number of fused-ring (bicyclic) bond motifs is 9. The first-order valence-electron chi connectivity index (χ1n) is 17.6. The van der Waals surface area contributed by atoms with Crippen molar-refractivity contribution in [3.63, 3.8) is 0 Å². The molecular weight excluding hydrogens is 591 g/mol. The van der Waals surface area contributed by atoms with Crippen molar-refractivity contribution in [1.29, 1.82) is 0 Å². The number of allylic oxidation sites excluding steroid dienone is 8. The van der Waals surface area contributed by atoms with E-state index in [0.717, 1.165) is 12.8 Å². The van der Waals surface area contributed by atoms with Crippen molar-refractivity contribution in [2.75, 3.05) is 0 Å². The molecule has 1 heterocycles. The topological polar surface area (TPSA) is 4.93 Å². The van der Waals surface area contributed by atoms with Crippen LogP contribution in [0.5, 0.6) is 0 Å². The van der Waals surface area contributed by atoms with Gasteiger partial charge in [0, 0.05) is 22.1 Å². The van der Waals surface area contributed by atoms with Crippen molar-refractivity contribution < 1.29 is 0 Å². The lowest BCUT2D eigenvalue weighted by atomic mass is 9.70. The quantitative estimate of drug-likeness (QED) is 0.184. The standard InChI is InChI=1S/C48H37N/c1-30-29-44(49-43-27-25-32-14-6-8-18-35(32)47(43)41-26-24-33-15-7-9-19-36(33)48(41)49)31(2)28-42(30)46-39-22-12-10-20-37(39)45(34-16-4-3-5-17-34)38-21-11-13-23-40(38)46/h3-22,24-28,40,44H,23,29H2,1-2H3. The van der Waals surface area contributed by atoms with Gasteiger partial charge in [-0.3, -0.25) is 0 Å². The number of rotatable bonds is 3. The van der Waals surface area contributed by atoms with Crippen molar-refractivity contribution >= 4 is 54.5 Å². The molecule has 0 radical (unpaired) electrons. The Balaban J connectivity index is 1.22. The minimum absolute atomic E-state index is 0.225. The van der Waals surface area contributed by atoms with E-state index in [9.17, 15) is 0 Å². The highest BCUT2D eigenvalue weighted by Gasteiger charge is 2.33. The van der Waals surface area contributed by atoms with Gasteiger partial charge in [0.15, 0.2) is 0 Å². The van der Waals surface area contributed by atoms with Gasteiger partial charge in [-0.15, -0.1) is 0 Å². The summed E-state index contributed by atoms with van der Waals surface area (Å²) in [6, 6.07) is 47.5. The van der Waals surface area contributed by atoms with Gasteiger partial charge in [0.25, 0.3) is 0 Å². The lowest BCUT2D eigenvalue weighted by Gasteiger charge is -2.35. The van der Waals surface area contributed by atoms with Gasteiger partial charge in [-0.05, 0) is 92.8 Å². The van der Waals surface area contributed by atoms with Crippen molar-refractivity contribution in [2.45, 2.75) is 32.7 Å². The Morgan fingerprint density at radius 2 is 1.33 bits per heavy atom. The van der Waals surface area contributed by atoms with Crippen LogP contribution in [0.2, 0.25) is 0 Å². The fraction of sp³-hybridized carbons (Fsp3) is 0.125. The third-order valence-electron chi connectivity index (χ3n) is 11.4. The second kappa shape index (κ2) is 10.9. The van der Waals surface area contributed by atoms with Gasteiger partial charge in [0.05, 0.1) is 17.1 Å². The van der Waals surface area contributed by atoms with Gasteiger partial charge in [0.2, 0.25) is 0 Å². The number of hydrogen-bond acceptors (Lipinski definition) is 0. The molecule has 10 rings (SSSR count). The second-order valence-corrected chi connectivity index (χ2v) is 14.1. The van der Waals surface area contributed by atoms with Crippen LogP contribution in [0.3, 0.4) is 0 Å². The van der Waals surface area contributed by atoms with E-state index in [0.29, 0.717) is 5.92 Å². The third-order valence-corrected chi connectivity index (χ3v) is 11.4. The predicted molar refractivity (Wildman–Crippen MR) is 208 cm³/mol. The van der Waals surface area contributed by atoms with Gasteiger partial charge in [-0.1, -0.05) is 151 Å². The summed E-state index contributed by atoms with van der Waals surface area (Å²) in [4.78, 5) is 0. The van der Waals surface area contributed by atoms with E-state index in [1.165, 1.54) is 92.8 Å². The van der Waals surface area contributed by atoms with Gasteiger partial charge < -0.3 is 4.57 Å². The summed E-state index contributed by atoms with van der Waals surface area (Å²) in [5.74, 6) is 0.323. The van der Waals surface area contributed by atoms with Gasteiger partial charge in [-0.2, -0.15) is 0 Å². The van der Waals surface area contributed by atoms with Gasteiger partial charge >= 0.3 is 0 Å². The molecular formula is C48H37N. The smallest absolute Gasteiger partial charge is 0.0590 e. The fourth-order valence-corrected chi connectivity index (χ4v) is 9.21. The molecule has 0 saturated carbocycles. The Morgan fingerprint density at radius 1 is 0.633 bits per heavy atom. The van der Waals surface area contributed by atoms with Crippen molar-refractivity contribution in [2.24, 2.45) is 5.92 Å². The Bertz CT molecular complexity index is 2780. The summed E-state index contributed by atoms with van der Waals surface area (Å²) in [6.45, 7) is 4.76. The number of hydrogen-bond donors (Lipinski definition) is 0. The van der Waals surface area contributed by atoms with Crippen LogP contribution in [0.4, 0.5) is 0 Å². The summed E-state index contributed by atoms with van der Waals surface area (Å²) in [5.41, 5.74) is 12.6. The van der Waals surface area contributed by atoms with Crippen LogP contribution in [-0.2, 0) is 0 Å². The molecule has 0 amide bonds. The summed E-state index contributed by atoms with van der Waals surface area (Å²) < 4.78 is 2.68. The fourth-order valence-electron chi connectivity index (χ4n) is 9.21. The monoisotopic (exact) mass is 627 g/mol. The van der Waals surface area contributed by atoms with E-state index in [1.807, 2.05) is 0 Å². The van der Waals surface area contributed by atoms with E-state index in [1.54, 1.807) is 0 Å². The molecule has 0 fully saturated rings. The molecule has 0 spiro atoms. The third kappa shape index (κ3) is 4.18. The molecule has 0 saturated heterocycles. The van der Waals surface area contributed by atoms with Crippen LogP contribution >= 0.6 is 0 Å². The molecule has 1 nitrogen and oxygen atoms in total. The summed E-state index contributed by atoms with van der Waals surface area (Å²) in [6.07, 6.45) is 11.5. The van der Waals surface area contributed by atoms with E-state index in [-0.39, 0.29) is 6.04 Å². The Hall–Kier alpha value is -5.66. The van der Waals surface area contributed by atoms with Crippen molar-refractivity contribution in [1.82, 2.24) is 4.57 Å². The van der Waals surface area contributed by atoms with E-state index in [2.05, 4.69) is 170 Å². The average molecular weight is 628 g/mol. The summed E-state index contributed by atoms with van der Waals surface area (Å²) in [7, 11) is 0. The molecule has 3 aliphatic carbocycles. The van der Waals surface area contributed by atoms with Crippen LogP contribution in [0.15, 0.2) is 174 Å². The molecule has 0 N–H and O–H groups in total. The molecule has 2 unspecified atom stereocenters. The minimum atomic E-state index is 0.225. The maximum absolute atomic E-state index is 2.68. The molecule has 1 heteroatoms. The summed E-state index contributed by atoms with van der Waals surface area (Å²) >= 11 is 0. The predicted octanol–water partition coefficient (Wildman–Crippen LogP) is 10.9. The zero-order valence-corrected chi connectivity index (χ0v) is 27.9. The molecule has 3 aliphatic rings. The van der Waals surface area contributed by atoms with E-state index in [4.69, 9.17) is 0 Å². The lowest BCUT2D eigenvalue weighted by Crippen LogP contribution is -2.38. The van der Waals surface area contributed by atoms with Crippen LogP contribution in [0.1, 0.15) is 38.3 Å². The zero-order valence-electron chi connectivity index (χ0n) is 27.9. The van der Waals surface area contributed by atoms with E-state index >= 15 is 0 Å². The highest BCUT2D eigenvalue weighted by atomic mass is 15.0. The van der Waals surface area contributed by atoms with E-state index < -0.39 is 0 Å². The Morgan fingerprint density at radius 3 is 2.16 bits per heavy atom. The maximum atomic E-state index is 2.68. The lowest BCUT2D eigenvalue weighted by molar-refractivity contribution is 0.592. The van der Waals surface area contributed by atoms with Gasteiger partial charge in [0.1, 0.15) is 0 Å². The number of nitrogens with zero attached hydrogens (tertiary/aromatic N) is 1. The minimum Gasteiger partial charge on any atom is -0.332 e. The zero-order chi connectivity index (χ0) is 32.6. The normalized spacial score (nSPS) is 19.1.